The van der Waals surface area contributed by atoms with Crippen molar-refractivity contribution in [3.63, 3.8) is 0 Å². The minimum atomic E-state index is -0.302. The van der Waals surface area contributed by atoms with E-state index in [0.29, 0.717) is 0 Å². The Kier molecular flexibility index (Phi) is 15.6. The van der Waals surface area contributed by atoms with Gasteiger partial charge in [-0.15, -0.1) is 0 Å². The molecule has 0 atom stereocenters. The molecular formula is C104H74BN3. The summed E-state index contributed by atoms with van der Waals surface area (Å²) >= 11 is 0. The Morgan fingerprint density at radius 3 is 0.870 bits per heavy atom. The summed E-state index contributed by atoms with van der Waals surface area (Å²) in [6.45, 7) is 6.64. The van der Waals surface area contributed by atoms with Crippen LogP contribution in [0.25, 0.3) is 121 Å². The Morgan fingerprint density at radius 1 is 0.231 bits per heavy atom. The second-order valence-corrected chi connectivity index (χ2v) is 29.9. The molecular weight excluding hydrogens is 1300 g/mol. The molecule has 2 heterocycles. The number of rotatable bonds is 13. The van der Waals surface area contributed by atoms with Gasteiger partial charge in [-0.2, -0.15) is 0 Å². The largest absolute Gasteiger partial charge is 0.310 e. The normalized spacial score (nSPS) is 12.3. The van der Waals surface area contributed by atoms with E-state index in [4.69, 9.17) is 0 Å². The van der Waals surface area contributed by atoms with Crippen LogP contribution in [0.3, 0.4) is 0 Å². The average molecular weight is 1380 g/mol. The third-order valence-electron chi connectivity index (χ3n) is 22.5. The molecule has 0 saturated carbocycles. The molecule has 0 spiro atoms. The first-order valence-corrected chi connectivity index (χ1v) is 37.6. The van der Waals surface area contributed by atoms with E-state index in [1.807, 2.05) is 0 Å². The molecule has 108 heavy (non-hydrogen) atoms. The summed E-state index contributed by atoms with van der Waals surface area (Å²) in [6, 6.07) is 148. The Balaban J connectivity index is 0.932. The maximum absolute atomic E-state index is 2.68. The first kappa shape index (κ1) is 64.1. The van der Waals surface area contributed by atoms with Gasteiger partial charge in [0.2, 0.25) is 0 Å². The van der Waals surface area contributed by atoms with E-state index in [1.54, 1.807) is 0 Å². The van der Waals surface area contributed by atoms with Crippen LogP contribution in [0.2, 0.25) is 0 Å². The van der Waals surface area contributed by atoms with Gasteiger partial charge < -0.3 is 14.7 Å². The number of fused-ring (bicyclic) bond motifs is 4. The van der Waals surface area contributed by atoms with Crippen molar-refractivity contribution in [1.82, 2.24) is 0 Å². The number of hydrogen-bond donors (Lipinski definition) is 0. The highest BCUT2D eigenvalue weighted by Crippen LogP contribution is 2.55. The van der Waals surface area contributed by atoms with Crippen molar-refractivity contribution in [2.45, 2.75) is 26.2 Å². The molecule has 0 radical (unpaired) electrons. The Bertz CT molecular complexity index is 6140. The van der Waals surface area contributed by atoms with Crippen molar-refractivity contribution in [2.75, 3.05) is 14.7 Å². The van der Waals surface area contributed by atoms with Crippen LogP contribution in [0.15, 0.2) is 394 Å². The lowest BCUT2D eigenvalue weighted by Gasteiger charge is -2.46. The average Bonchev–Trinajstić information content (AvgIpc) is 0.690. The SMILES string of the molecule is CC(C)(C)c1cc2ccc3cc(-c4ccc5c(c4)B4c6cc(-c7ccccc7)ccc6N(c6c(-c7ccccc7)cccc6-c6ccccc6)c6cc(N(c7ccc(-c8ccccc8)cc7)c7ccc(-c8ccccc8)cc7)cc(c64)N5c4c(-c5ccccc5)cccc4-c4ccccc4)cc4ccc(c1)c2c34. The van der Waals surface area contributed by atoms with Crippen molar-refractivity contribution in [3.8, 4) is 89.0 Å². The van der Waals surface area contributed by atoms with Crippen LogP contribution in [0.5, 0.6) is 0 Å². The predicted molar refractivity (Wildman–Crippen MR) is 461 cm³/mol. The minimum absolute atomic E-state index is 0.0140. The first-order chi connectivity index (χ1) is 53.2. The second-order valence-electron chi connectivity index (χ2n) is 29.9. The van der Waals surface area contributed by atoms with Gasteiger partial charge in [-0.25, -0.2) is 0 Å². The highest BCUT2D eigenvalue weighted by atomic mass is 15.2. The number of anilines is 9. The summed E-state index contributed by atoms with van der Waals surface area (Å²) in [7, 11) is 0. The lowest BCUT2D eigenvalue weighted by Crippen LogP contribution is -2.61. The van der Waals surface area contributed by atoms with Crippen molar-refractivity contribution < 1.29 is 0 Å². The molecule has 3 nitrogen and oxygen atoms in total. The van der Waals surface area contributed by atoms with E-state index in [1.165, 1.54) is 71.0 Å². The summed E-state index contributed by atoms with van der Waals surface area (Å²) in [6.07, 6.45) is 0. The molecule has 4 heteroatoms. The van der Waals surface area contributed by atoms with Crippen molar-refractivity contribution in [3.05, 3.63) is 400 Å². The van der Waals surface area contributed by atoms with E-state index in [0.717, 1.165) is 124 Å². The Morgan fingerprint density at radius 2 is 0.528 bits per heavy atom. The Hall–Kier alpha value is -13.5. The predicted octanol–water partition coefficient (Wildman–Crippen LogP) is 26.8. The topological polar surface area (TPSA) is 9.72 Å². The molecule has 18 aromatic carbocycles. The molecule has 2 aliphatic heterocycles. The number of nitrogens with zero attached hydrogens (tertiary/aromatic N) is 3. The van der Waals surface area contributed by atoms with Gasteiger partial charge in [-0.1, -0.05) is 354 Å². The molecule has 0 bridgehead atoms. The third kappa shape index (κ3) is 11.1. The van der Waals surface area contributed by atoms with Crippen LogP contribution in [0, 0.1) is 0 Å². The van der Waals surface area contributed by atoms with Crippen molar-refractivity contribution >= 4 is 107 Å². The minimum Gasteiger partial charge on any atom is -0.310 e. The monoisotopic (exact) mass is 1380 g/mol. The molecule has 0 aromatic heterocycles. The number of benzene rings is 18. The summed E-state index contributed by atoms with van der Waals surface area (Å²) in [5, 5.41) is 7.68. The van der Waals surface area contributed by atoms with Gasteiger partial charge in [0, 0.05) is 56.4 Å². The van der Waals surface area contributed by atoms with Crippen LogP contribution in [0.1, 0.15) is 26.3 Å². The van der Waals surface area contributed by atoms with E-state index in [9.17, 15) is 0 Å². The van der Waals surface area contributed by atoms with E-state index < -0.39 is 0 Å². The first-order valence-electron chi connectivity index (χ1n) is 37.6. The molecule has 20 rings (SSSR count). The van der Waals surface area contributed by atoms with Crippen LogP contribution in [-0.4, -0.2) is 6.71 Å². The maximum atomic E-state index is 2.68. The fourth-order valence-corrected chi connectivity index (χ4v) is 17.3. The van der Waals surface area contributed by atoms with Crippen molar-refractivity contribution in [2.24, 2.45) is 0 Å². The lowest BCUT2D eigenvalue weighted by molar-refractivity contribution is 0.591. The van der Waals surface area contributed by atoms with Crippen LogP contribution < -0.4 is 31.1 Å². The molecule has 0 aliphatic carbocycles. The highest BCUT2D eigenvalue weighted by molar-refractivity contribution is 7.00. The molecule has 0 fully saturated rings. The zero-order valence-corrected chi connectivity index (χ0v) is 60.4. The molecule has 18 aromatic rings. The van der Waals surface area contributed by atoms with Crippen LogP contribution in [-0.2, 0) is 5.41 Å². The van der Waals surface area contributed by atoms with Gasteiger partial charge in [-0.05, 0) is 187 Å². The number of hydrogen-bond acceptors (Lipinski definition) is 3. The van der Waals surface area contributed by atoms with E-state index in [2.05, 4.69) is 430 Å². The summed E-state index contributed by atoms with van der Waals surface area (Å²) in [4.78, 5) is 7.84. The van der Waals surface area contributed by atoms with E-state index in [-0.39, 0.29) is 12.1 Å². The van der Waals surface area contributed by atoms with Crippen LogP contribution in [0.4, 0.5) is 51.2 Å². The zero-order chi connectivity index (χ0) is 72.0. The molecule has 0 unspecified atom stereocenters. The fourth-order valence-electron chi connectivity index (χ4n) is 17.3. The third-order valence-corrected chi connectivity index (χ3v) is 22.5. The summed E-state index contributed by atoms with van der Waals surface area (Å²) in [5.41, 5.74) is 32.9. The highest BCUT2D eigenvalue weighted by Gasteiger charge is 2.46. The molecule has 2 aliphatic rings. The zero-order valence-electron chi connectivity index (χ0n) is 60.4. The van der Waals surface area contributed by atoms with Gasteiger partial charge in [0.25, 0.3) is 6.71 Å². The molecule has 0 saturated heterocycles. The van der Waals surface area contributed by atoms with Gasteiger partial charge in [0.15, 0.2) is 0 Å². The summed E-state index contributed by atoms with van der Waals surface area (Å²) < 4.78 is 0. The Labute approximate surface area is 632 Å². The van der Waals surface area contributed by atoms with Crippen LogP contribution >= 0.6 is 0 Å². The second kappa shape index (κ2) is 26.3. The molecule has 508 valence electrons. The number of para-hydroxylation sites is 2. The van der Waals surface area contributed by atoms with Gasteiger partial charge in [-0.3, -0.25) is 0 Å². The molecule has 0 N–H and O–H groups in total. The van der Waals surface area contributed by atoms with Gasteiger partial charge in [0.1, 0.15) is 0 Å². The summed E-state index contributed by atoms with van der Waals surface area (Å²) in [5.74, 6) is 0. The van der Waals surface area contributed by atoms with Gasteiger partial charge in [0.05, 0.1) is 17.1 Å². The smallest absolute Gasteiger partial charge is 0.252 e. The molecule has 0 amide bonds. The fraction of sp³-hybridized carbons (Fsp3) is 0.0385. The van der Waals surface area contributed by atoms with E-state index >= 15 is 0 Å². The lowest BCUT2D eigenvalue weighted by atomic mass is 9.33. The quantitative estimate of drug-likeness (QED) is 0.0841. The van der Waals surface area contributed by atoms with Crippen molar-refractivity contribution in [1.29, 1.82) is 0 Å². The maximum Gasteiger partial charge on any atom is 0.252 e. The standard InChI is InChI=1S/C104H74BN3/c1-104(2,3)85-63-82-47-45-80-61-84(62-81-46-48-83(64-85)100(82)99(80)81)79-54-60-96-94(66-79)105-93-65-78(71-31-15-6-16-32-71)53-59-95(93)107(102-89(74-33-17-7-18-34-74)41-25-42-90(102)75-35-19-8-20-36-75)97-67-88(68-98(101(97)105)108(96)103-91(76-37-21-9-22-38-76)43-26-44-92(103)77-39-23-10-24-40-77)106(86-55-49-72(50-56-86)69-27-11-4-12-28-69)87-57-51-73(52-58-87)70-29-13-5-14-30-70/h4-68H,1-3H3. The van der Waals surface area contributed by atoms with Gasteiger partial charge >= 0.3 is 0 Å².